The summed E-state index contributed by atoms with van der Waals surface area (Å²) in [6.45, 7) is 2.06. The zero-order valence-corrected chi connectivity index (χ0v) is 8.73. The Bertz CT molecular complexity index is 458. The zero-order valence-electron chi connectivity index (χ0n) is 7.98. The van der Waals surface area contributed by atoms with Gasteiger partial charge in [0.15, 0.2) is 10.9 Å². The molecule has 2 heterocycles. The van der Waals surface area contributed by atoms with Gasteiger partial charge >= 0.3 is 0 Å². The van der Waals surface area contributed by atoms with Crippen LogP contribution in [0.2, 0.25) is 5.15 Å². The number of pyridine rings is 1. The van der Waals surface area contributed by atoms with Crippen molar-refractivity contribution < 1.29 is 9.37 Å². The SMILES string of the molecule is Cc1nonc1COc1cccnc1Cl. The summed E-state index contributed by atoms with van der Waals surface area (Å²) in [7, 11) is 0. The molecule has 0 N–H and O–H groups in total. The molecular formula is C9H8ClN3O2. The highest BCUT2D eigenvalue weighted by atomic mass is 35.5. The van der Waals surface area contributed by atoms with E-state index in [-0.39, 0.29) is 6.61 Å². The first kappa shape index (κ1) is 9.92. The fourth-order valence-electron chi connectivity index (χ4n) is 1.01. The molecule has 78 valence electrons. The number of rotatable bonds is 3. The summed E-state index contributed by atoms with van der Waals surface area (Å²) >= 11 is 5.81. The molecule has 0 aromatic carbocycles. The van der Waals surface area contributed by atoms with Gasteiger partial charge in [0.05, 0.1) is 0 Å². The first-order valence-corrected chi connectivity index (χ1v) is 4.66. The van der Waals surface area contributed by atoms with Crippen LogP contribution in [0.3, 0.4) is 0 Å². The molecule has 6 heteroatoms. The van der Waals surface area contributed by atoms with Crippen LogP contribution in [-0.4, -0.2) is 15.3 Å². The van der Waals surface area contributed by atoms with E-state index in [1.165, 1.54) is 0 Å². The molecule has 0 atom stereocenters. The van der Waals surface area contributed by atoms with E-state index >= 15 is 0 Å². The lowest BCUT2D eigenvalue weighted by Gasteiger charge is -2.04. The van der Waals surface area contributed by atoms with E-state index in [0.29, 0.717) is 22.3 Å². The average Bonchev–Trinajstić information content (AvgIpc) is 2.63. The van der Waals surface area contributed by atoms with Gasteiger partial charge in [-0.3, -0.25) is 0 Å². The van der Waals surface area contributed by atoms with Gasteiger partial charge in [0.1, 0.15) is 18.0 Å². The standard InChI is InChI=1S/C9H8ClN3O2/c1-6-7(13-15-12-6)5-14-8-3-2-4-11-9(8)10/h2-4H,5H2,1H3. The lowest BCUT2D eigenvalue weighted by atomic mass is 10.4. The molecule has 0 saturated heterocycles. The molecule has 0 spiro atoms. The minimum atomic E-state index is 0.265. The number of aromatic nitrogens is 3. The molecule has 2 aromatic rings. The molecule has 0 unspecified atom stereocenters. The van der Waals surface area contributed by atoms with Crippen molar-refractivity contribution in [3.8, 4) is 5.75 Å². The second-order valence-electron chi connectivity index (χ2n) is 2.88. The van der Waals surface area contributed by atoms with Crippen LogP contribution in [0.25, 0.3) is 0 Å². The number of nitrogens with zero attached hydrogens (tertiary/aromatic N) is 3. The number of hydrogen-bond acceptors (Lipinski definition) is 5. The number of hydrogen-bond donors (Lipinski definition) is 0. The van der Waals surface area contributed by atoms with Crippen LogP contribution >= 0.6 is 11.6 Å². The molecule has 0 radical (unpaired) electrons. The molecule has 2 aromatic heterocycles. The number of ether oxygens (including phenoxy) is 1. The summed E-state index contributed by atoms with van der Waals surface area (Å²) in [4.78, 5) is 3.88. The van der Waals surface area contributed by atoms with Crippen molar-refractivity contribution in [2.75, 3.05) is 0 Å². The van der Waals surface area contributed by atoms with Gasteiger partial charge in [0.2, 0.25) is 0 Å². The van der Waals surface area contributed by atoms with Crippen molar-refractivity contribution in [1.82, 2.24) is 15.3 Å². The molecule has 0 amide bonds. The van der Waals surface area contributed by atoms with Gasteiger partial charge in [-0.15, -0.1) is 0 Å². The van der Waals surface area contributed by atoms with Gasteiger partial charge in [0, 0.05) is 6.20 Å². The van der Waals surface area contributed by atoms with Crippen LogP contribution in [0, 0.1) is 6.92 Å². The Labute approximate surface area is 91.0 Å². The molecule has 0 aliphatic carbocycles. The third-order valence-corrected chi connectivity index (χ3v) is 2.12. The van der Waals surface area contributed by atoms with Crippen LogP contribution in [-0.2, 0) is 6.61 Å². The second kappa shape index (κ2) is 4.27. The third-order valence-electron chi connectivity index (χ3n) is 1.84. The van der Waals surface area contributed by atoms with E-state index in [9.17, 15) is 0 Å². The molecule has 15 heavy (non-hydrogen) atoms. The Kier molecular flexibility index (Phi) is 2.82. The Morgan fingerprint density at radius 3 is 3.00 bits per heavy atom. The summed E-state index contributed by atoms with van der Waals surface area (Å²) in [5, 5.41) is 7.65. The highest BCUT2D eigenvalue weighted by molar-refractivity contribution is 6.30. The number of halogens is 1. The summed E-state index contributed by atoms with van der Waals surface area (Å²) in [6, 6.07) is 3.48. The van der Waals surface area contributed by atoms with E-state index < -0.39 is 0 Å². The summed E-state index contributed by atoms with van der Waals surface area (Å²) in [6.07, 6.45) is 1.60. The Balaban J connectivity index is 2.06. The van der Waals surface area contributed by atoms with E-state index in [1.54, 1.807) is 25.3 Å². The Morgan fingerprint density at radius 1 is 1.47 bits per heavy atom. The van der Waals surface area contributed by atoms with Crippen molar-refractivity contribution >= 4 is 11.6 Å². The largest absolute Gasteiger partial charge is 0.484 e. The van der Waals surface area contributed by atoms with Crippen molar-refractivity contribution in [3.05, 3.63) is 34.9 Å². The third kappa shape index (κ3) is 2.24. The summed E-state index contributed by atoms with van der Waals surface area (Å²) < 4.78 is 9.94. The number of aryl methyl sites for hydroxylation is 1. The van der Waals surface area contributed by atoms with E-state index in [4.69, 9.17) is 16.3 Å². The molecule has 5 nitrogen and oxygen atoms in total. The van der Waals surface area contributed by atoms with E-state index in [0.717, 1.165) is 0 Å². The zero-order chi connectivity index (χ0) is 10.7. The predicted molar refractivity (Wildman–Crippen MR) is 52.6 cm³/mol. The molecule has 0 aliphatic rings. The highest BCUT2D eigenvalue weighted by Crippen LogP contribution is 2.21. The van der Waals surface area contributed by atoms with Gasteiger partial charge in [-0.2, -0.15) is 0 Å². The van der Waals surface area contributed by atoms with E-state index in [1.807, 2.05) is 0 Å². The minimum Gasteiger partial charge on any atom is -0.484 e. The predicted octanol–water partition coefficient (Wildman–Crippen LogP) is 2.01. The summed E-state index contributed by atoms with van der Waals surface area (Å²) in [5.41, 5.74) is 1.35. The molecule has 0 saturated carbocycles. The topological polar surface area (TPSA) is 61.0 Å². The summed E-state index contributed by atoms with van der Waals surface area (Å²) in [5.74, 6) is 0.515. The van der Waals surface area contributed by atoms with Gasteiger partial charge in [-0.1, -0.05) is 21.9 Å². The van der Waals surface area contributed by atoms with E-state index in [2.05, 4.69) is 19.9 Å². The normalized spacial score (nSPS) is 10.3. The van der Waals surface area contributed by atoms with Crippen LogP contribution in [0.5, 0.6) is 5.75 Å². The van der Waals surface area contributed by atoms with Crippen molar-refractivity contribution in [1.29, 1.82) is 0 Å². The Hall–Kier alpha value is -1.62. The van der Waals surface area contributed by atoms with Crippen LogP contribution in [0.1, 0.15) is 11.4 Å². The smallest absolute Gasteiger partial charge is 0.171 e. The minimum absolute atomic E-state index is 0.265. The van der Waals surface area contributed by atoms with Gasteiger partial charge < -0.3 is 4.74 Å². The lowest BCUT2D eigenvalue weighted by Crippen LogP contribution is -1.98. The van der Waals surface area contributed by atoms with Crippen LogP contribution < -0.4 is 4.74 Å². The molecule has 2 rings (SSSR count). The highest BCUT2D eigenvalue weighted by Gasteiger charge is 2.07. The maximum absolute atomic E-state index is 5.81. The first-order valence-electron chi connectivity index (χ1n) is 4.28. The lowest BCUT2D eigenvalue weighted by molar-refractivity contribution is 0.269. The molecule has 0 fully saturated rings. The second-order valence-corrected chi connectivity index (χ2v) is 3.24. The fraction of sp³-hybridized carbons (Fsp3) is 0.222. The van der Waals surface area contributed by atoms with Crippen LogP contribution in [0.4, 0.5) is 0 Å². The van der Waals surface area contributed by atoms with Gasteiger partial charge in [0.25, 0.3) is 0 Å². The average molecular weight is 226 g/mol. The molecule has 0 bridgehead atoms. The quantitative estimate of drug-likeness (QED) is 0.748. The maximum atomic E-state index is 5.81. The van der Waals surface area contributed by atoms with Crippen molar-refractivity contribution in [2.24, 2.45) is 0 Å². The Morgan fingerprint density at radius 2 is 2.33 bits per heavy atom. The van der Waals surface area contributed by atoms with Gasteiger partial charge in [-0.05, 0) is 19.1 Å². The van der Waals surface area contributed by atoms with Crippen LogP contribution in [0.15, 0.2) is 23.0 Å². The van der Waals surface area contributed by atoms with Crippen molar-refractivity contribution in [2.45, 2.75) is 13.5 Å². The molecule has 0 aliphatic heterocycles. The van der Waals surface area contributed by atoms with Crippen molar-refractivity contribution in [3.63, 3.8) is 0 Å². The maximum Gasteiger partial charge on any atom is 0.171 e. The first-order chi connectivity index (χ1) is 7.27. The molecular weight excluding hydrogens is 218 g/mol. The fourth-order valence-corrected chi connectivity index (χ4v) is 1.18. The van der Waals surface area contributed by atoms with Gasteiger partial charge in [-0.25, -0.2) is 9.61 Å². The monoisotopic (exact) mass is 225 g/mol.